The van der Waals surface area contributed by atoms with Crippen LogP contribution < -0.4 is 10.7 Å². The Bertz CT molecular complexity index is 1350. The zero-order valence-electron chi connectivity index (χ0n) is 25.0. The average molecular weight is 675 g/mol. The first kappa shape index (κ1) is 28.7. The molecule has 0 aromatic heterocycles. The second kappa shape index (κ2) is 10.5. The summed E-state index contributed by atoms with van der Waals surface area (Å²) in [6.45, 7) is 11.0. The summed E-state index contributed by atoms with van der Waals surface area (Å²) in [4.78, 5) is 0. The predicted molar refractivity (Wildman–Crippen MR) is 164 cm³/mol. The summed E-state index contributed by atoms with van der Waals surface area (Å²) in [6.07, 6.45) is -1.79. The van der Waals surface area contributed by atoms with E-state index in [2.05, 4.69) is 102 Å². The first-order chi connectivity index (χ1) is 20.1. The fourth-order valence-corrected chi connectivity index (χ4v) is 20.6. The molecule has 3 aromatic carbocycles. The van der Waals surface area contributed by atoms with Crippen molar-refractivity contribution < 1.29 is 28.4 Å². The molecule has 4 aliphatic rings. The van der Waals surface area contributed by atoms with Crippen molar-refractivity contribution in [1.29, 1.82) is 0 Å². The SMILES string of the molecule is C[C@H]1CO[C@]2(/C1=[CH]/[Sn]([c]1ccccc1)([c]1ccccc1)[c]1ccccc1)[C@@H](C1COC(C)(C)O1)O[C@@H]1OC(C)(C)O[C@@H]12. The topological polar surface area (TPSA) is 55.4 Å². The molecule has 4 heterocycles. The summed E-state index contributed by atoms with van der Waals surface area (Å²) < 4.78 is 46.0. The van der Waals surface area contributed by atoms with Crippen molar-refractivity contribution in [3.63, 3.8) is 0 Å². The molecule has 4 aliphatic heterocycles. The quantitative estimate of drug-likeness (QED) is 0.381. The van der Waals surface area contributed by atoms with Crippen LogP contribution in [0.4, 0.5) is 0 Å². The molecule has 1 unspecified atom stereocenters. The summed E-state index contributed by atoms with van der Waals surface area (Å²) in [5, 5.41) is 0. The van der Waals surface area contributed by atoms with E-state index in [-0.39, 0.29) is 12.0 Å². The molecule has 0 bridgehead atoms. The molecule has 1 spiro atoms. The van der Waals surface area contributed by atoms with Gasteiger partial charge in [-0.25, -0.2) is 0 Å². The first-order valence-electron chi connectivity index (χ1n) is 15.0. The van der Waals surface area contributed by atoms with Crippen LogP contribution in [-0.4, -0.2) is 73.4 Å². The fraction of sp³-hybridized carbons (Fsp3) is 0.429. The van der Waals surface area contributed by atoms with E-state index in [1.54, 1.807) is 0 Å². The zero-order chi connectivity index (χ0) is 29.2. The maximum absolute atomic E-state index is 6.98. The third-order valence-corrected chi connectivity index (χ3v) is 21.9. The van der Waals surface area contributed by atoms with Crippen molar-refractivity contribution in [3.8, 4) is 0 Å². The molecule has 42 heavy (non-hydrogen) atoms. The molecule has 0 N–H and O–H groups in total. The number of hydrogen-bond donors (Lipinski definition) is 0. The number of rotatable bonds is 5. The van der Waals surface area contributed by atoms with Crippen LogP contribution in [0.3, 0.4) is 0 Å². The van der Waals surface area contributed by atoms with Crippen molar-refractivity contribution in [1.82, 2.24) is 0 Å². The molecular formula is C35H40O6Sn. The Kier molecular flexibility index (Phi) is 7.21. The van der Waals surface area contributed by atoms with Crippen molar-refractivity contribution in [2.45, 2.75) is 76.4 Å². The second-order valence-corrected chi connectivity index (χ2v) is 23.2. The predicted octanol–water partition coefficient (Wildman–Crippen LogP) is 4.06. The van der Waals surface area contributed by atoms with Crippen LogP contribution in [0.25, 0.3) is 0 Å². The van der Waals surface area contributed by atoms with Gasteiger partial charge in [0.1, 0.15) is 0 Å². The van der Waals surface area contributed by atoms with Crippen molar-refractivity contribution in [2.24, 2.45) is 5.92 Å². The van der Waals surface area contributed by atoms with Gasteiger partial charge in [0, 0.05) is 0 Å². The standard InChI is InChI=1S/C17H25O6.3C6H5.Sn/c1-9-7-19-17(10(9)2)12(11-8-18-15(3,4)21-11)20-14-13(17)22-16(5,6)23-14;3*1-2-4-6-5-3-1;/h2,9,11-14H,7-8H2,1,3-6H3;3*1-5H;/t9-,11?,12+,13-,14+,17+;;;;/m0..../s1. The normalized spacial score (nSPS) is 34.3. The Hall–Kier alpha value is -2.04. The van der Waals surface area contributed by atoms with Gasteiger partial charge in [-0.05, 0) is 0 Å². The Balaban J connectivity index is 1.49. The van der Waals surface area contributed by atoms with Crippen LogP contribution in [0.15, 0.2) is 101 Å². The molecule has 220 valence electrons. The van der Waals surface area contributed by atoms with E-state index in [9.17, 15) is 0 Å². The molecule has 0 aliphatic carbocycles. The Morgan fingerprint density at radius 1 is 0.643 bits per heavy atom. The van der Waals surface area contributed by atoms with Gasteiger partial charge in [0.25, 0.3) is 0 Å². The van der Waals surface area contributed by atoms with E-state index >= 15 is 0 Å². The van der Waals surface area contributed by atoms with Crippen LogP contribution in [0.5, 0.6) is 0 Å². The average Bonchev–Trinajstić information content (AvgIpc) is 3.69. The third kappa shape index (κ3) is 4.62. The maximum atomic E-state index is 6.98. The van der Waals surface area contributed by atoms with Gasteiger partial charge in [0.05, 0.1) is 0 Å². The Morgan fingerprint density at radius 3 is 1.69 bits per heavy atom. The number of benzene rings is 3. The molecule has 0 saturated carbocycles. The summed E-state index contributed by atoms with van der Waals surface area (Å²) in [6, 6.07) is 33.1. The second-order valence-electron chi connectivity index (χ2n) is 12.9. The van der Waals surface area contributed by atoms with Gasteiger partial charge in [0.15, 0.2) is 0 Å². The molecule has 6 nitrogen and oxygen atoms in total. The van der Waals surface area contributed by atoms with E-state index in [0.29, 0.717) is 13.2 Å². The molecule has 6 atom stereocenters. The molecule has 0 radical (unpaired) electrons. The van der Waals surface area contributed by atoms with Gasteiger partial charge in [-0.15, -0.1) is 0 Å². The third-order valence-electron chi connectivity index (χ3n) is 9.17. The van der Waals surface area contributed by atoms with Gasteiger partial charge >= 0.3 is 254 Å². The van der Waals surface area contributed by atoms with Crippen molar-refractivity contribution >= 4 is 29.1 Å². The van der Waals surface area contributed by atoms with E-state index in [4.69, 9.17) is 28.4 Å². The molecule has 7 rings (SSSR count). The number of hydrogen-bond acceptors (Lipinski definition) is 6. The minimum atomic E-state index is -3.87. The molecule has 7 heteroatoms. The first-order valence-corrected chi connectivity index (χ1v) is 20.9. The molecule has 4 saturated heterocycles. The van der Waals surface area contributed by atoms with E-state index in [1.165, 1.54) is 16.3 Å². The van der Waals surface area contributed by atoms with Crippen LogP contribution >= 0.6 is 0 Å². The van der Waals surface area contributed by atoms with Gasteiger partial charge in [0.2, 0.25) is 0 Å². The van der Waals surface area contributed by atoms with E-state index in [0.717, 1.165) is 0 Å². The molecule has 3 aromatic rings. The van der Waals surface area contributed by atoms with Crippen molar-refractivity contribution in [3.05, 3.63) is 101 Å². The van der Waals surface area contributed by atoms with Gasteiger partial charge in [-0.3, -0.25) is 0 Å². The summed E-state index contributed by atoms with van der Waals surface area (Å²) in [5.41, 5.74) is 0.342. The number of fused-ring (bicyclic) bond motifs is 2. The van der Waals surface area contributed by atoms with E-state index in [1.807, 2.05) is 27.7 Å². The summed E-state index contributed by atoms with van der Waals surface area (Å²) in [5.74, 6) is -1.36. The summed E-state index contributed by atoms with van der Waals surface area (Å²) in [7, 11) is 0. The van der Waals surface area contributed by atoms with Crippen LogP contribution in [0.2, 0.25) is 0 Å². The number of ether oxygens (including phenoxy) is 6. The van der Waals surface area contributed by atoms with Crippen LogP contribution in [-0.2, 0) is 28.4 Å². The zero-order valence-corrected chi connectivity index (χ0v) is 27.8. The Labute approximate surface area is 252 Å². The van der Waals surface area contributed by atoms with Crippen LogP contribution in [0.1, 0.15) is 34.6 Å². The molecule has 0 amide bonds. The van der Waals surface area contributed by atoms with Crippen molar-refractivity contribution in [2.75, 3.05) is 13.2 Å². The van der Waals surface area contributed by atoms with Gasteiger partial charge in [-0.2, -0.15) is 0 Å². The van der Waals surface area contributed by atoms with Crippen LogP contribution in [0, 0.1) is 5.92 Å². The Morgan fingerprint density at radius 2 is 1.19 bits per heavy atom. The molecule has 4 fully saturated rings. The fourth-order valence-electron chi connectivity index (χ4n) is 7.41. The molecular weight excluding hydrogens is 635 g/mol. The monoisotopic (exact) mass is 676 g/mol. The van der Waals surface area contributed by atoms with E-state index < -0.39 is 54.1 Å². The summed E-state index contributed by atoms with van der Waals surface area (Å²) >= 11 is -3.87. The minimum absolute atomic E-state index is 0.143. The van der Waals surface area contributed by atoms with Gasteiger partial charge in [-0.1, -0.05) is 0 Å². The van der Waals surface area contributed by atoms with Gasteiger partial charge < -0.3 is 0 Å².